The molecule has 0 atom stereocenters. The summed E-state index contributed by atoms with van der Waals surface area (Å²) >= 11 is 0. The Morgan fingerprint density at radius 3 is 2.38 bits per heavy atom. The molecule has 1 amide bonds. The summed E-state index contributed by atoms with van der Waals surface area (Å²) in [5.74, 6) is -0.282. The largest absolute Gasteiger partial charge is 0.497 e. The second kappa shape index (κ2) is 6.72. The molecule has 0 aliphatic heterocycles. The van der Waals surface area contributed by atoms with E-state index in [2.05, 4.69) is 4.99 Å². The number of fused-ring (bicyclic) bond motifs is 1. The number of nitrogens with two attached hydrogens (primary N) is 2. The second-order valence-corrected chi connectivity index (χ2v) is 5.81. The number of aryl methyl sites for hydroxylation is 1. The van der Waals surface area contributed by atoms with Crippen LogP contribution in [0.4, 0.5) is 0 Å². The number of hydrogen-bond donors (Lipinski definition) is 2. The van der Waals surface area contributed by atoms with E-state index in [0.29, 0.717) is 22.2 Å². The number of aromatic nitrogens is 1. The van der Waals surface area contributed by atoms with Crippen molar-refractivity contribution < 1.29 is 9.53 Å². The van der Waals surface area contributed by atoms with Crippen LogP contribution >= 0.6 is 0 Å². The molecule has 0 unspecified atom stereocenters. The van der Waals surface area contributed by atoms with Crippen LogP contribution < -0.4 is 21.8 Å². The van der Waals surface area contributed by atoms with Crippen LogP contribution in [-0.2, 0) is 0 Å². The van der Waals surface area contributed by atoms with Crippen LogP contribution in [0.1, 0.15) is 15.9 Å². The first-order valence-electron chi connectivity index (χ1n) is 7.85. The molecule has 1 aromatic heterocycles. The van der Waals surface area contributed by atoms with Crippen molar-refractivity contribution in [3.8, 4) is 11.4 Å². The molecule has 0 aliphatic rings. The minimum atomic E-state index is -0.608. The van der Waals surface area contributed by atoms with E-state index in [0.717, 1.165) is 5.56 Å². The number of ether oxygens (including phenoxy) is 1. The normalized spacial score (nSPS) is 10.5. The lowest BCUT2D eigenvalue weighted by Crippen LogP contribution is -2.25. The molecule has 132 valence electrons. The Balaban J connectivity index is 2.32. The molecule has 0 saturated heterocycles. The summed E-state index contributed by atoms with van der Waals surface area (Å²) in [7, 11) is 1.56. The highest BCUT2D eigenvalue weighted by Gasteiger charge is 2.16. The van der Waals surface area contributed by atoms with Crippen LogP contribution in [0.3, 0.4) is 0 Å². The van der Waals surface area contributed by atoms with Gasteiger partial charge >= 0.3 is 0 Å². The molecule has 26 heavy (non-hydrogen) atoms. The van der Waals surface area contributed by atoms with Crippen molar-refractivity contribution in [2.24, 2.45) is 16.5 Å². The fourth-order valence-electron chi connectivity index (χ4n) is 2.74. The summed E-state index contributed by atoms with van der Waals surface area (Å²) in [4.78, 5) is 29.0. The number of carbonyl (C=O) groups excluding carboxylic acids is 1. The van der Waals surface area contributed by atoms with Gasteiger partial charge in [-0.05, 0) is 37.3 Å². The van der Waals surface area contributed by atoms with Gasteiger partial charge in [-0.1, -0.05) is 17.7 Å². The summed E-state index contributed by atoms with van der Waals surface area (Å²) in [6.45, 7) is 1.88. The summed E-state index contributed by atoms with van der Waals surface area (Å²) in [6, 6.07) is 12.2. The number of hydrogen-bond acceptors (Lipinski definition) is 3. The van der Waals surface area contributed by atoms with Crippen LogP contribution in [0.25, 0.3) is 16.5 Å². The van der Waals surface area contributed by atoms with Gasteiger partial charge in [0, 0.05) is 22.7 Å². The Kier molecular flexibility index (Phi) is 4.45. The zero-order valence-electron chi connectivity index (χ0n) is 14.4. The van der Waals surface area contributed by atoms with Gasteiger partial charge in [0.05, 0.1) is 12.7 Å². The zero-order valence-corrected chi connectivity index (χ0v) is 14.4. The molecule has 0 spiro atoms. The van der Waals surface area contributed by atoms with Gasteiger partial charge in [0.25, 0.3) is 11.5 Å². The van der Waals surface area contributed by atoms with E-state index in [1.165, 1.54) is 10.8 Å². The van der Waals surface area contributed by atoms with Gasteiger partial charge in [0.15, 0.2) is 5.96 Å². The number of aliphatic imine (C=N–C) groups is 1. The molecule has 0 bridgehead atoms. The molecule has 4 N–H and O–H groups in total. The number of rotatable bonds is 3. The maximum Gasteiger partial charge on any atom is 0.282 e. The Morgan fingerprint density at radius 2 is 1.77 bits per heavy atom. The molecule has 7 heteroatoms. The molecule has 0 saturated carbocycles. The molecule has 0 radical (unpaired) electrons. The molecular weight excluding hydrogens is 332 g/mol. The van der Waals surface area contributed by atoms with Gasteiger partial charge < -0.3 is 16.2 Å². The molecule has 3 aromatic rings. The van der Waals surface area contributed by atoms with Crippen molar-refractivity contribution in [1.82, 2.24) is 4.57 Å². The van der Waals surface area contributed by atoms with Crippen LogP contribution in [0.2, 0.25) is 0 Å². The monoisotopic (exact) mass is 350 g/mol. The minimum Gasteiger partial charge on any atom is -0.497 e. The summed E-state index contributed by atoms with van der Waals surface area (Å²) in [5.41, 5.74) is 12.2. The van der Waals surface area contributed by atoms with Gasteiger partial charge in [-0.25, -0.2) is 0 Å². The third-order valence-electron chi connectivity index (χ3n) is 3.98. The van der Waals surface area contributed by atoms with Crippen molar-refractivity contribution >= 4 is 22.6 Å². The molecule has 7 nitrogen and oxygen atoms in total. The highest BCUT2D eigenvalue weighted by molar-refractivity contribution is 6.10. The number of carbonyl (C=O) groups is 1. The predicted molar refractivity (Wildman–Crippen MR) is 101 cm³/mol. The fourth-order valence-corrected chi connectivity index (χ4v) is 2.74. The molecule has 1 heterocycles. The van der Waals surface area contributed by atoms with E-state index >= 15 is 0 Å². The number of methoxy groups -OCH3 is 1. The lowest BCUT2D eigenvalue weighted by Gasteiger charge is -2.12. The van der Waals surface area contributed by atoms with Gasteiger partial charge in [-0.15, -0.1) is 0 Å². The van der Waals surface area contributed by atoms with E-state index in [-0.39, 0.29) is 17.1 Å². The fraction of sp³-hybridized carbons (Fsp3) is 0.105. The van der Waals surface area contributed by atoms with E-state index in [9.17, 15) is 9.59 Å². The molecule has 0 fully saturated rings. The van der Waals surface area contributed by atoms with Gasteiger partial charge in [-0.2, -0.15) is 4.99 Å². The van der Waals surface area contributed by atoms with E-state index in [1.54, 1.807) is 43.5 Å². The molecular formula is C19H18N4O3. The lowest BCUT2D eigenvalue weighted by molar-refractivity contribution is 0.100. The van der Waals surface area contributed by atoms with E-state index in [4.69, 9.17) is 16.2 Å². The van der Waals surface area contributed by atoms with Crippen LogP contribution in [0, 0.1) is 6.92 Å². The first kappa shape index (κ1) is 17.2. The summed E-state index contributed by atoms with van der Waals surface area (Å²) in [5, 5.41) is 0.915. The summed E-state index contributed by atoms with van der Waals surface area (Å²) < 4.78 is 6.53. The number of nitrogens with zero attached hydrogens (tertiary/aromatic N) is 2. The standard InChI is InChI=1S/C19H18N4O3/c1-11-3-8-14-15(9-11)16(17(24)22-19(20)21)10-23(18(14)25)12-4-6-13(26-2)7-5-12/h3-10H,1-2H3,(H4,20,21,22,24). The first-order chi connectivity index (χ1) is 12.4. The highest BCUT2D eigenvalue weighted by atomic mass is 16.5. The Morgan fingerprint density at radius 1 is 1.08 bits per heavy atom. The van der Waals surface area contributed by atoms with Gasteiger partial charge in [-0.3, -0.25) is 14.2 Å². The number of benzene rings is 2. The third-order valence-corrected chi connectivity index (χ3v) is 3.98. The highest BCUT2D eigenvalue weighted by Crippen LogP contribution is 2.21. The van der Waals surface area contributed by atoms with Crippen LogP contribution in [-0.4, -0.2) is 23.5 Å². The second-order valence-electron chi connectivity index (χ2n) is 5.81. The number of amides is 1. The summed E-state index contributed by atoms with van der Waals surface area (Å²) in [6.07, 6.45) is 1.46. The predicted octanol–water partition coefficient (Wildman–Crippen LogP) is 1.72. The molecule has 0 aliphatic carbocycles. The van der Waals surface area contributed by atoms with Crippen molar-refractivity contribution in [3.05, 3.63) is 70.1 Å². The Bertz CT molecular complexity index is 1080. The maximum atomic E-state index is 12.9. The van der Waals surface area contributed by atoms with E-state index < -0.39 is 5.91 Å². The minimum absolute atomic E-state index is 0.243. The number of guanidine groups is 1. The lowest BCUT2D eigenvalue weighted by atomic mass is 10.0. The smallest absolute Gasteiger partial charge is 0.282 e. The van der Waals surface area contributed by atoms with E-state index in [1.807, 2.05) is 13.0 Å². The van der Waals surface area contributed by atoms with Crippen molar-refractivity contribution in [3.63, 3.8) is 0 Å². The third kappa shape index (κ3) is 3.14. The molecule has 2 aromatic carbocycles. The Hall–Kier alpha value is -3.61. The zero-order chi connectivity index (χ0) is 18.8. The average molecular weight is 350 g/mol. The SMILES string of the molecule is COc1ccc(-n2cc(C(=O)N=C(N)N)c3cc(C)ccc3c2=O)cc1. The first-order valence-corrected chi connectivity index (χ1v) is 7.85. The van der Waals surface area contributed by atoms with Crippen molar-refractivity contribution in [2.45, 2.75) is 6.92 Å². The average Bonchev–Trinajstić information content (AvgIpc) is 2.61. The quantitative estimate of drug-likeness (QED) is 0.552. The van der Waals surface area contributed by atoms with Crippen molar-refractivity contribution in [1.29, 1.82) is 0 Å². The van der Waals surface area contributed by atoms with Crippen LogP contribution in [0.15, 0.2) is 58.4 Å². The Labute approximate surface area is 149 Å². The number of pyridine rings is 1. The topological polar surface area (TPSA) is 113 Å². The maximum absolute atomic E-state index is 12.9. The van der Waals surface area contributed by atoms with Crippen molar-refractivity contribution in [2.75, 3.05) is 7.11 Å². The molecule has 3 rings (SSSR count). The van der Waals surface area contributed by atoms with Gasteiger partial charge in [0.1, 0.15) is 5.75 Å². The van der Waals surface area contributed by atoms with Gasteiger partial charge in [0.2, 0.25) is 0 Å². The van der Waals surface area contributed by atoms with Crippen LogP contribution in [0.5, 0.6) is 5.75 Å².